The number of aliphatic hydroxyl groups is 1. The molecular weight excluding hydrogens is 344 g/mol. The fourth-order valence-electron chi connectivity index (χ4n) is 3.67. The molecule has 0 heterocycles. The van der Waals surface area contributed by atoms with E-state index in [4.69, 9.17) is 0 Å². The molecular formula is C22H16O5. The van der Waals surface area contributed by atoms with Crippen LogP contribution in [0.2, 0.25) is 0 Å². The van der Waals surface area contributed by atoms with Gasteiger partial charge in [-0.1, -0.05) is 24.3 Å². The summed E-state index contributed by atoms with van der Waals surface area (Å²) in [6.07, 6.45) is 5.15. The first-order chi connectivity index (χ1) is 13.0. The number of rotatable bonds is 3. The number of carboxylic acid groups (broad SMARTS) is 1. The van der Waals surface area contributed by atoms with E-state index >= 15 is 0 Å². The van der Waals surface area contributed by atoms with E-state index < -0.39 is 5.97 Å². The summed E-state index contributed by atoms with van der Waals surface area (Å²) in [5, 5.41) is 29.3. The second-order valence-electron chi connectivity index (χ2n) is 6.52. The maximum absolute atomic E-state index is 11.9. The fraction of sp³-hybridized carbons (Fsp3) is 0.0909. The Morgan fingerprint density at radius 2 is 1.85 bits per heavy atom. The lowest BCUT2D eigenvalue weighted by atomic mass is 9.76. The molecule has 27 heavy (non-hydrogen) atoms. The first-order valence-corrected chi connectivity index (χ1v) is 8.45. The molecule has 5 heteroatoms. The van der Waals surface area contributed by atoms with Gasteiger partial charge in [0.1, 0.15) is 5.75 Å². The lowest BCUT2D eigenvalue weighted by molar-refractivity contribution is -0.110. The predicted octanol–water partition coefficient (Wildman–Crippen LogP) is 3.01. The highest BCUT2D eigenvalue weighted by molar-refractivity contribution is 6.06. The van der Waals surface area contributed by atoms with Crippen LogP contribution in [0, 0.1) is 0 Å². The van der Waals surface area contributed by atoms with Crippen molar-refractivity contribution in [2.45, 2.75) is 13.0 Å². The van der Waals surface area contributed by atoms with Crippen molar-refractivity contribution >= 4 is 17.3 Å². The molecule has 2 aliphatic rings. The zero-order chi connectivity index (χ0) is 19.1. The highest BCUT2D eigenvalue weighted by Crippen LogP contribution is 2.43. The van der Waals surface area contributed by atoms with Gasteiger partial charge in [-0.25, -0.2) is 4.79 Å². The van der Waals surface area contributed by atoms with Crippen molar-refractivity contribution in [2.24, 2.45) is 0 Å². The maximum Gasteiger partial charge on any atom is 0.336 e. The smallest absolute Gasteiger partial charge is 0.336 e. The van der Waals surface area contributed by atoms with E-state index in [1.807, 2.05) is 0 Å². The summed E-state index contributed by atoms with van der Waals surface area (Å²) in [6, 6.07) is 9.95. The van der Waals surface area contributed by atoms with Gasteiger partial charge in [-0.15, -0.1) is 0 Å². The second kappa shape index (κ2) is 6.37. The summed E-state index contributed by atoms with van der Waals surface area (Å²) in [5.74, 6) is -1.20. The number of carbonyl (C=O) groups excluding carboxylic acids is 1. The minimum atomic E-state index is -1.05. The molecule has 0 aliphatic heterocycles. The van der Waals surface area contributed by atoms with Crippen LogP contribution < -0.4 is 0 Å². The minimum Gasteiger partial charge on any atom is -0.508 e. The molecule has 0 fully saturated rings. The van der Waals surface area contributed by atoms with Crippen LogP contribution in [0.25, 0.3) is 5.57 Å². The topological polar surface area (TPSA) is 94.8 Å². The van der Waals surface area contributed by atoms with Crippen LogP contribution in [-0.4, -0.2) is 27.1 Å². The van der Waals surface area contributed by atoms with Crippen LogP contribution in [0.1, 0.15) is 32.6 Å². The van der Waals surface area contributed by atoms with Crippen molar-refractivity contribution in [3.05, 3.63) is 93.6 Å². The van der Waals surface area contributed by atoms with Gasteiger partial charge >= 0.3 is 5.97 Å². The monoisotopic (exact) mass is 360 g/mol. The Morgan fingerprint density at radius 1 is 1.07 bits per heavy atom. The number of carbonyl (C=O) groups is 2. The highest BCUT2D eigenvalue weighted by Gasteiger charge is 2.28. The summed E-state index contributed by atoms with van der Waals surface area (Å²) < 4.78 is 0. The van der Waals surface area contributed by atoms with Gasteiger partial charge in [0.25, 0.3) is 0 Å². The van der Waals surface area contributed by atoms with Crippen molar-refractivity contribution in [2.75, 3.05) is 0 Å². The van der Waals surface area contributed by atoms with E-state index in [0.717, 1.165) is 22.3 Å². The Balaban J connectivity index is 2.08. The molecule has 0 saturated carbocycles. The molecule has 0 aromatic heterocycles. The number of aromatic hydroxyl groups is 1. The van der Waals surface area contributed by atoms with Crippen molar-refractivity contribution < 1.29 is 24.9 Å². The van der Waals surface area contributed by atoms with Crippen LogP contribution in [0.15, 0.2) is 65.8 Å². The van der Waals surface area contributed by atoms with E-state index in [2.05, 4.69) is 0 Å². The lowest BCUT2D eigenvalue weighted by Gasteiger charge is -2.27. The van der Waals surface area contributed by atoms with Gasteiger partial charge in [0.2, 0.25) is 0 Å². The minimum absolute atomic E-state index is 0.0242. The Hall–Kier alpha value is -3.44. The van der Waals surface area contributed by atoms with Crippen LogP contribution in [0.4, 0.5) is 0 Å². The number of fused-ring (bicyclic) bond motifs is 2. The lowest BCUT2D eigenvalue weighted by Crippen LogP contribution is -2.14. The zero-order valence-corrected chi connectivity index (χ0v) is 14.3. The van der Waals surface area contributed by atoms with Gasteiger partial charge in [0, 0.05) is 5.56 Å². The van der Waals surface area contributed by atoms with E-state index in [0.29, 0.717) is 23.1 Å². The summed E-state index contributed by atoms with van der Waals surface area (Å²) in [6.45, 7) is -0.334. The average Bonchev–Trinajstić information content (AvgIpc) is 2.65. The SMILES string of the molecule is O=C1C=CC2=C(c3ccccc3C(=O)O)c3cc(CO)c(O)cc3CC2=C1. The number of hydrogen-bond donors (Lipinski definition) is 3. The Morgan fingerprint density at radius 3 is 2.59 bits per heavy atom. The van der Waals surface area contributed by atoms with Crippen molar-refractivity contribution in [3.8, 4) is 5.75 Å². The number of ketones is 1. The van der Waals surface area contributed by atoms with Gasteiger partial charge in [-0.05, 0) is 70.2 Å². The largest absolute Gasteiger partial charge is 0.508 e. The molecule has 2 aromatic carbocycles. The molecule has 4 rings (SSSR count). The van der Waals surface area contributed by atoms with Crippen LogP contribution >= 0.6 is 0 Å². The summed E-state index contributed by atoms with van der Waals surface area (Å²) in [7, 11) is 0. The highest BCUT2D eigenvalue weighted by atomic mass is 16.4. The van der Waals surface area contributed by atoms with Gasteiger partial charge in [0.05, 0.1) is 12.2 Å². The Bertz CT molecular complexity index is 1090. The number of allylic oxidation sites excluding steroid dienone is 5. The van der Waals surface area contributed by atoms with Gasteiger partial charge in [0.15, 0.2) is 5.78 Å². The summed E-state index contributed by atoms with van der Waals surface area (Å²) in [4.78, 5) is 23.6. The van der Waals surface area contributed by atoms with Gasteiger partial charge in [-0.3, -0.25) is 4.79 Å². The molecule has 3 N–H and O–H groups in total. The molecule has 2 aromatic rings. The molecule has 0 bridgehead atoms. The average molecular weight is 360 g/mol. The standard InChI is InChI=1S/C22H16O5/c23-11-14-9-19-13(10-20(14)25)7-12-8-15(24)5-6-16(12)21(19)17-3-1-2-4-18(17)22(26)27/h1-6,8-10,23,25H,7,11H2,(H,26,27). The van der Waals surface area contributed by atoms with Crippen molar-refractivity contribution in [3.63, 3.8) is 0 Å². The molecule has 0 radical (unpaired) electrons. The van der Waals surface area contributed by atoms with Crippen LogP contribution in [0.3, 0.4) is 0 Å². The molecule has 2 aliphatic carbocycles. The summed E-state index contributed by atoms with van der Waals surface area (Å²) in [5.41, 5.74) is 4.81. The molecule has 0 saturated heterocycles. The third-order valence-corrected chi connectivity index (χ3v) is 4.90. The number of aromatic carboxylic acids is 1. The Kier molecular flexibility index (Phi) is 4.01. The molecule has 5 nitrogen and oxygen atoms in total. The predicted molar refractivity (Wildman–Crippen MR) is 99.4 cm³/mol. The third-order valence-electron chi connectivity index (χ3n) is 4.90. The molecule has 134 valence electrons. The van der Waals surface area contributed by atoms with E-state index in [9.17, 15) is 24.9 Å². The molecule has 0 amide bonds. The van der Waals surface area contributed by atoms with E-state index in [-0.39, 0.29) is 23.7 Å². The normalized spacial score (nSPS) is 15.3. The molecule has 0 spiro atoms. The van der Waals surface area contributed by atoms with Gasteiger partial charge < -0.3 is 15.3 Å². The number of aliphatic hydroxyl groups excluding tert-OH is 1. The maximum atomic E-state index is 11.9. The Labute approximate surface area is 155 Å². The first kappa shape index (κ1) is 17.0. The molecule has 0 unspecified atom stereocenters. The van der Waals surface area contributed by atoms with Crippen LogP contribution in [-0.2, 0) is 17.8 Å². The molecule has 0 atom stereocenters. The van der Waals surface area contributed by atoms with E-state index in [1.54, 1.807) is 42.5 Å². The first-order valence-electron chi connectivity index (χ1n) is 8.45. The van der Waals surface area contributed by atoms with Gasteiger partial charge in [-0.2, -0.15) is 0 Å². The quantitative estimate of drug-likeness (QED) is 0.782. The summed E-state index contributed by atoms with van der Waals surface area (Å²) >= 11 is 0. The number of benzene rings is 2. The number of phenols is 1. The fourth-order valence-corrected chi connectivity index (χ4v) is 3.67. The number of carboxylic acids is 1. The van der Waals surface area contributed by atoms with E-state index in [1.165, 1.54) is 12.1 Å². The number of hydrogen-bond acceptors (Lipinski definition) is 4. The second-order valence-corrected chi connectivity index (χ2v) is 6.52. The third kappa shape index (κ3) is 2.78. The zero-order valence-electron chi connectivity index (χ0n) is 14.3. The van der Waals surface area contributed by atoms with Crippen molar-refractivity contribution in [1.29, 1.82) is 0 Å². The van der Waals surface area contributed by atoms with Crippen LogP contribution in [0.5, 0.6) is 5.75 Å². The van der Waals surface area contributed by atoms with Crippen molar-refractivity contribution in [1.82, 2.24) is 0 Å².